The molecule has 8 nitrogen and oxygen atoms in total. The average Bonchev–Trinajstić information content (AvgIpc) is 3.16. The summed E-state index contributed by atoms with van der Waals surface area (Å²) in [6, 6.07) is 10.5. The molecular weight excluding hydrogens is 425 g/mol. The quantitative estimate of drug-likeness (QED) is 0.395. The zero-order valence-electron chi connectivity index (χ0n) is 19.2. The van der Waals surface area contributed by atoms with Gasteiger partial charge in [0.15, 0.2) is 0 Å². The SMILES string of the molecule is CCCn1cc(CN=C(NC(=O)c2ccc(F)cc2)Nc2cc(OC)cc(OC)c2)c(C)n1. The highest BCUT2D eigenvalue weighted by Crippen LogP contribution is 2.25. The van der Waals surface area contributed by atoms with Crippen LogP contribution >= 0.6 is 0 Å². The fourth-order valence-electron chi connectivity index (χ4n) is 3.13. The van der Waals surface area contributed by atoms with Gasteiger partial charge in [-0.05, 0) is 37.6 Å². The van der Waals surface area contributed by atoms with E-state index in [0.29, 0.717) is 29.3 Å². The number of rotatable bonds is 8. The van der Waals surface area contributed by atoms with Crippen LogP contribution in [0.4, 0.5) is 10.1 Å². The van der Waals surface area contributed by atoms with Crippen molar-refractivity contribution in [2.75, 3.05) is 19.5 Å². The van der Waals surface area contributed by atoms with E-state index in [0.717, 1.165) is 24.2 Å². The van der Waals surface area contributed by atoms with E-state index >= 15 is 0 Å². The Labute approximate surface area is 192 Å². The Bertz CT molecular complexity index is 1100. The monoisotopic (exact) mass is 453 g/mol. The second kappa shape index (κ2) is 11.1. The maximum Gasteiger partial charge on any atom is 0.257 e. The molecular formula is C24H28FN5O3. The predicted molar refractivity (Wildman–Crippen MR) is 125 cm³/mol. The van der Waals surface area contributed by atoms with Gasteiger partial charge in [0.25, 0.3) is 5.91 Å². The molecule has 0 saturated heterocycles. The van der Waals surface area contributed by atoms with Gasteiger partial charge in [-0.1, -0.05) is 6.92 Å². The average molecular weight is 454 g/mol. The summed E-state index contributed by atoms with van der Waals surface area (Å²) in [4.78, 5) is 17.3. The number of aromatic nitrogens is 2. The normalized spacial score (nSPS) is 11.2. The van der Waals surface area contributed by atoms with Crippen LogP contribution in [0.3, 0.4) is 0 Å². The number of halogens is 1. The molecule has 174 valence electrons. The second-order valence-corrected chi connectivity index (χ2v) is 7.36. The molecule has 0 atom stereocenters. The molecule has 1 amide bonds. The molecule has 0 radical (unpaired) electrons. The maximum absolute atomic E-state index is 13.2. The van der Waals surface area contributed by atoms with Gasteiger partial charge in [-0.15, -0.1) is 0 Å². The van der Waals surface area contributed by atoms with Gasteiger partial charge in [0, 0.05) is 47.8 Å². The molecule has 0 saturated carbocycles. The van der Waals surface area contributed by atoms with Crippen molar-refractivity contribution in [1.29, 1.82) is 0 Å². The molecule has 0 unspecified atom stereocenters. The lowest BCUT2D eigenvalue weighted by atomic mass is 10.2. The number of aliphatic imine (C=N–C) groups is 1. The van der Waals surface area contributed by atoms with Crippen molar-refractivity contribution in [3.63, 3.8) is 0 Å². The number of methoxy groups -OCH3 is 2. The summed E-state index contributed by atoms with van der Waals surface area (Å²) < 4.78 is 25.8. The molecule has 0 aliphatic heterocycles. The van der Waals surface area contributed by atoms with Crippen LogP contribution in [0.1, 0.15) is 35.0 Å². The number of ether oxygens (including phenoxy) is 2. The highest BCUT2D eigenvalue weighted by molar-refractivity contribution is 6.10. The molecule has 1 aromatic heterocycles. The third-order valence-electron chi connectivity index (χ3n) is 4.86. The Morgan fingerprint density at radius 2 is 1.79 bits per heavy atom. The van der Waals surface area contributed by atoms with E-state index in [1.54, 1.807) is 32.4 Å². The van der Waals surface area contributed by atoms with Crippen molar-refractivity contribution in [2.24, 2.45) is 4.99 Å². The van der Waals surface area contributed by atoms with Crippen LogP contribution in [0.25, 0.3) is 0 Å². The van der Waals surface area contributed by atoms with Crippen LogP contribution in [0, 0.1) is 12.7 Å². The highest BCUT2D eigenvalue weighted by atomic mass is 19.1. The van der Waals surface area contributed by atoms with Crippen molar-refractivity contribution in [3.8, 4) is 11.5 Å². The first-order valence-corrected chi connectivity index (χ1v) is 10.6. The van der Waals surface area contributed by atoms with Crippen LogP contribution in [0.5, 0.6) is 11.5 Å². The molecule has 0 bridgehead atoms. The van der Waals surface area contributed by atoms with Crippen LogP contribution in [-0.2, 0) is 13.1 Å². The number of carbonyl (C=O) groups is 1. The maximum atomic E-state index is 13.2. The molecule has 33 heavy (non-hydrogen) atoms. The molecule has 0 aliphatic carbocycles. The summed E-state index contributed by atoms with van der Waals surface area (Å²) in [6.07, 6.45) is 2.93. The van der Waals surface area contributed by atoms with E-state index < -0.39 is 11.7 Å². The summed E-state index contributed by atoms with van der Waals surface area (Å²) in [7, 11) is 3.11. The zero-order valence-corrected chi connectivity index (χ0v) is 19.2. The molecule has 1 heterocycles. The van der Waals surface area contributed by atoms with Crippen LogP contribution in [0.15, 0.2) is 53.7 Å². The minimum absolute atomic E-state index is 0.224. The number of nitrogens with zero attached hydrogens (tertiary/aromatic N) is 3. The minimum atomic E-state index is -0.422. The summed E-state index contributed by atoms with van der Waals surface area (Å²) >= 11 is 0. The van der Waals surface area contributed by atoms with Crippen LogP contribution < -0.4 is 20.1 Å². The van der Waals surface area contributed by atoms with E-state index in [2.05, 4.69) is 27.6 Å². The van der Waals surface area contributed by atoms with Crippen molar-refractivity contribution in [3.05, 3.63) is 71.3 Å². The van der Waals surface area contributed by atoms with Gasteiger partial charge < -0.3 is 14.8 Å². The number of benzene rings is 2. The molecule has 0 aliphatic rings. The van der Waals surface area contributed by atoms with Gasteiger partial charge >= 0.3 is 0 Å². The Morgan fingerprint density at radius 3 is 2.39 bits per heavy atom. The molecule has 0 fully saturated rings. The molecule has 2 aromatic carbocycles. The molecule has 9 heteroatoms. The molecule has 2 N–H and O–H groups in total. The van der Waals surface area contributed by atoms with E-state index in [4.69, 9.17) is 9.47 Å². The number of hydrogen-bond acceptors (Lipinski definition) is 5. The number of amides is 1. The second-order valence-electron chi connectivity index (χ2n) is 7.36. The summed E-state index contributed by atoms with van der Waals surface area (Å²) in [5.74, 6) is 0.550. The standard InChI is InChI=1S/C24H28FN5O3/c1-5-10-30-15-18(16(2)29-30)14-26-24(28-23(31)17-6-8-19(25)9-7-17)27-20-11-21(32-3)13-22(12-20)33-4/h6-9,11-13,15H,5,10,14H2,1-4H3,(H2,26,27,28,31). The van der Waals surface area contributed by atoms with Gasteiger partial charge in [0.2, 0.25) is 5.96 Å². The Kier molecular flexibility index (Phi) is 8.01. The molecule has 3 rings (SSSR count). The summed E-state index contributed by atoms with van der Waals surface area (Å²) in [5.41, 5.74) is 2.74. The number of guanidine groups is 1. The van der Waals surface area contributed by atoms with E-state index in [-0.39, 0.29) is 5.96 Å². The van der Waals surface area contributed by atoms with Crippen molar-refractivity contribution in [1.82, 2.24) is 15.1 Å². The van der Waals surface area contributed by atoms with E-state index in [1.165, 1.54) is 24.3 Å². The van der Waals surface area contributed by atoms with Crippen LogP contribution in [0.2, 0.25) is 0 Å². The van der Waals surface area contributed by atoms with E-state index in [9.17, 15) is 9.18 Å². The lowest BCUT2D eigenvalue weighted by Crippen LogP contribution is -2.36. The largest absolute Gasteiger partial charge is 0.497 e. The van der Waals surface area contributed by atoms with Crippen LogP contribution in [-0.4, -0.2) is 35.9 Å². The Hall–Kier alpha value is -3.88. The molecule has 0 spiro atoms. The van der Waals surface area contributed by atoms with Crippen molar-refractivity contribution in [2.45, 2.75) is 33.4 Å². The number of hydrogen-bond donors (Lipinski definition) is 2. The summed E-state index contributed by atoms with van der Waals surface area (Å²) in [5, 5.41) is 10.4. The smallest absolute Gasteiger partial charge is 0.257 e. The van der Waals surface area contributed by atoms with Crippen molar-refractivity contribution < 1.29 is 18.7 Å². The topological polar surface area (TPSA) is 89.8 Å². The zero-order chi connectivity index (χ0) is 23.8. The first-order valence-electron chi connectivity index (χ1n) is 10.6. The number of carbonyl (C=O) groups excluding carboxylic acids is 1. The van der Waals surface area contributed by atoms with Gasteiger partial charge in [0.1, 0.15) is 17.3 Å². The lowest BCUT2D eigenvalue weighted by Gasteiger charge is -2.14. The number of aryl methyl sites for hydroxylation is 2. The third kappa shape index (κ3) is 6.55. The van der Waals surface area contributed by atoms with Gasteiger partial charge in [0.05, 0.1) is 26.5 Å². The third-order valence-corrected chi connectivity index (χ3v) is 4.86. The first-order chi connectivity index (χ1) is 15.9. The highest BCUT2D eigenvalue weighted by Gasteiger charge is 2.12. The number of anilines is 1. The Morgan fingerprint density at radius 1 is 1.12 bits per heavy atom. The van der Waals surface area contributed by atoms with Gasteiger partial charge in [-0.3, -0.25) is 14.8 Å². The Balaban J connectivity index is 1.87. The predicted octanol–water partition coefficient (Wildman–Crippen LogP) is 4.16. The first kappa shape index (κ1) is 23.8. The number of nitrogens with one attached hydrogen (secondary N) is 2. The molecule has 3 aromatic rings. The van der Waals surface area contributed by atoms with Crippen molar-refractivity contribution >= 4 is 17.6 Å². The van der Waals surface area contributed by atoms with Gasteiger partial charge in [-0.2, -0.15) is 5.10 Å². The van der Waals surface area contributed by atoms with Gasteiger partial charge in [-0.25, -0.2) is 9.38 Å². The van der Waals surface area contributed by atoms with E-state index in [1.807, 2.05) is 17.8 Å². The minimum Gasteiger partial charge on any atom is -0.497 e. The lowest BCUT2D eigenvalue weighted by molar-refractivity contribution is 0.0977. The fraction of sp³-hybridized carbons (Fsp3) is 0.292. The summed E-state index contributed by atoms with van der Waals surface area (Å²) in [6.45, 7) is 5.14. The fourth-order valence-corrected chi connectivity index (χ4v) is 3.13.